The molecule has 0 radical (unpaired) electrons. The Hall–Kier alpha value is -1.10. The minimum Gasteiger partial charge on any atom is -0.467 e. The summed E-state index contributed by atoms with van der Waals surface area (Å²) in [6.07, 6.45) is 3.18. The van der Waals surface area contributed by atoms with Gasteiger partial charge in [0.2, 0.25) is 5.91 Å². The zero-order chi connectivity index (χ0) is 14.3. The molecule has 2 N–H and O–H groups in total. The van der Waals surface area contributed by atoms with Crippen LogP contribution < -0.4 is 10.6 Å². The van der Waals surface area contributed by atoms with Gasteiger partial charge in [0.1, 0.15) is 6.04 Å². The van der Waals surface area contributed by atoms with E-state index in [2.05, 4.69) is 10.6 Å². The molecule has 1 saturated heterocycles. The van der Waals surface area contributed by atoms with Crippen molar-refractivity contribution in [2.24, 2.45) is 11.8 Å². The van der Waals surface area contributed by atoms with Crippen LogP contribution >= 0.6 is 0 Å². The van der Waals surface area contributed by atoms with E-state index >= 15 is 0 Å². The predicted octanol–water partition coefficient (Wildman–Crippen LogP) is 1.08. The number of esters is 1. The standard InChI is InChI=1S/C14H26N2O3/c1-10(2)8-12(14(18)19-3)16-13(17)9-11-4-6-15-7-5-11/h10-12,15H,4-9H2,1-3H3,(H,16,17). The van der Waals surface area contributed by atoms with Crippen molar-refractivity contribution in [3.05, 3.63) is 0 Å². The summed E-state index contributed by atoms with van der Waals surface area (Å²) in [4.78, 5) is 23.6. The first-order valence-corrected chi connectivity index (χ1v) is 7.10. The van der Waals surface area contributed by atoms with Gasteiger partial charge in [0.05, 0.1) is 7.11 Å². The van der Waals surface area contributed by atoms with Gasteiger partial charge in [-0.25, -0.2) is 4.79 Å². The van der Waals surface area contributed by atoms with Gasteiger partial charge < -0.3 is 15.4 Å². The molecule has 1 atom stereocenters. The van der Waals surface area contributed by atoms with Crippen LogP contribution in [0, 0.1) is 11.8 Å². The largest absolute Gasteiger partial charge is 0.467 e. The molecule has 0 aliphatic carbocycles. The summed E-state index contributed by atoms with van der Waals surface area (Å²) in [6, 6.07) is -0.515. The van der Waals surface area contributed by atoms with Gasteiger partial charge in [-0.2, -0.15) is 0 Å². The highest BCUT2D eigenvalue weighted by Crippen LogP contribution is 2.16. The zero-order valence-electron chi connectivity index (χ0n) is 12.2. The van der Waals surface area contributed by atoms with Gasteiger partial charge in [0.15, 0.2) is 0 Å². The van der Waals surface area contributed by atoms with Crippen LogP contribution in [0.2, 0.25) is 0 Å². The molecule has 5 nitrogen and oxygen atoms in total. The Balaban J connectivity index is 2.43. The van der Waals surface area contributed by atoms with Crippen molar-refractivity contribution in [2.75, 3.05) is 20.2 Å². The van der Waals surface area contributed by atoms with Crippen LogP contribution in [0.1, 0.15) is 39.5 Å². The molecule has 0 saturated carbocycles. The number of carbonyl (C=O) groups excluding carboxylic acids is 2. The molecule has 19 heavy (non-hydrogen) atoms. The Morgan fingerprint density at radius 3 is 2.47 bits per heavy atom. The fourth-order valence-electron chi connectivity index (χ4n) is 2.43. The van der Waals surface area contributed by atoms with Crippen LogP contribution in [-0.2, 0) is 14.3 Å². The lowest BCUT2D eigenvalue weighted by Crippen LogP contribution is -2.43. The minimum absolute atomic E-state index is 0.0389. The molecule has 1 unspecified atom stereocenters. The third kappa shape index (κ3) is 6.05. The Bertz CT molecular complexity index is 299. The summed E-state index contributed by atoms with van der Waals surface area (Å²) in [5.41, 5.74) is 0. The average Bonchev–Trinajstić information content (AvgIpc) is 2.37. The highest BCUT2D eigenvalue weighted by Gasteiger charge is 2.24. The molecule has 1 aliphatic heterocycles. The number of carbonyl (C=O) groups is 2. The first-order chi connectivity index (χ1) is 9.02. The van der Waals surface area contributed by atoms with E-state index in [1.54, 1.807) is 0 Å². The summed E-state index contributed by atoms with van der Waals surface area (Å²) in [5.74, 6) is 0.372. The van der Waals surface area contributed by atoms with Gasteiger partial charge in [-0.1, -0.05) is 13.8 Å². The second-order valence-corrected chi connectivity index (χ2v) is 5.67. The number of rotatable bonds is 6. The molecule has 0 aromatic rings. The predicted molar refractivity (Wildman–Crippen MR) is 73.6 cm³/mol. The molecule has 0 spiro atoms. The van der Waals surface area contributed by atoms with E-state index in [1.165, 1.54) is 7.11 Å². The van der Waals surface area contributed by atoms with Crippen LogP contribution in [0.3, 0.4) is 0 Å². The number of hydrogen-bond donors (Lipinski definition) is 2. The number of nitrogens with one attached hydrogen (secondary N) is 2. The van der Waals surface area contributed by atoms with E-state index in [0.29, 0.717) is 24.7 Å². The van der Waals surface area contributed by atoms with E-state index in [-0.39, 0.29) is 11.9 Å². The van der Waals surface area contributed by atoms with Gasteiger partial charge in [-0.3, -0.25) is 4.79 Å². The van der Waals surface area contributed by atoms with E-state index < -0.39 is 6.04 Å². The van der Waals surface area contributed by atoms with Gasteiger partial charge in [-0.05, 0) is 44.2 Å². The molecular weight excluding hydrogens is 244 g/mol. The summed E-state index contributed by atoms with van der Waals surface area (Å²) >= 11 is 0. The summed E-state index contributed by atoms with van der Waals surface area (Å²) in [6.45, 7) is 6.00. The molecule has 1 rings (SSSR count). The van der Waals surface area contributed by atoms with Crippen molar-refractivity contribution in [3.8, 4) is 0 Å². The molecule has 110 valence electrons. The highest BCUT2D eigenvalue weighted by molar-refractivity contribution is 5.84. The highest BCUT2D eigenvalue weighted by atomic mass is 16.5. The van der Waals surface area contributed by atoms with Crippen molar-refractivity contribution in [1.29, 1.82) is 0 Å². The van der Waals surface area contributed by atoms with E-state index in [1.807, 2.05) is 13.8 Å². The lowest BCUT2D eigenvalue weighted by Gasteiger charge is -2.23. The number of piperidine rings is 1. The molecule has 1 amide bonds. The molecule has 0 aromatic carbocycles. The fraction of sp³-hybridized carbons (Fsp3) is 0.857. The maximum Gasteiger partial charge on any atom is 0.328 e. The maximum absolute atomic E-state index is 12.0. The Kier molecular flexibility index (Phi) is 6.84. The van der Waals surface area contributed by atoms with Crippen LogP contribution in [-0.4, -0.2) is 38.1 Å². The Morgan fingerprint density at radius 1 is 1.32 bits per heavy atom. The van der Waals surface area contributed by atoms with Crippen molar-refractivity contribution in [3.63, 3.8) is 0 Å². The van der Waals surface area contributed by atoms with Crippen molar-refractivity contribution in [2.45, 2.75) is 45.6 Å². The monoisotopic (exact) mass is 270 g/mol. The molecule has 1 fully saturated rings. The smallest absolute Gasteiger partial charge is 0.328 e. The van der Waals surface area contributed by atoms with Gasteiger partial charge in [0.25, 0.3) is 0 Å². The third-order valence-corrected chi connectivity index (χ3v) is 3.46. The lowest BCUT2D eigenvalue weighted by atomic mass is 9.94. The number of hydrogen-bond acceptors (Lipinski definition) is 4. The molecule has 0 aromatic heterocycles. The van der Waals surface area contributed by atoms with Crippen LogP contribution in [0.4, 0.5) is 0 Å². The summed E-state index contributed by atoms with van der Waals surface area (Å²) in [5, 5.41) is 6.09. The summed E-state index contributed by atoms with van der Waals surface area (Å²) in [7, 11) is 1.36. The van der Waals surface area contributed by atoms with Gasteiger partial charge >= 0.3 is 5.97 Å². The van der Waals surface area contributed by atoms with Crippen molar-refractivity contribution < 1.29 is 14.3 Å². The minimum atomic E-state index is -0.515. The number of methoxy groups -OCH3 is 1. The second kappa shape index (κ2) is 8.15. The topological polar surface area (TPSA) is 67.4 Å². The third-order valence-electron chi connectivity index (χ3n) is 3.46. The molecule has 1 heterocycles. The van der Waals surface area contributed by atoms with Crippen LogP contribution in [0.5, 0.6) is 0 Å². The molecule has 1 aliphatic rings. The maximum atomic E-state index is 12.0. The number of ether oxygens (including phenoxy) is 1. The number of amides is 1. The normalized spacial score (nSPS) is 18.1. The van der Waals surface area contributed by atoms with E-state index in [4.69, 9.17) is 4.74 Å². The van der Waals surface area contributed by atoms with Crippen LogP contribution in [0.15, 0.2) is 0 Å². The van der Waals surface area contributed by atoms with Crippen LogP contribution in [0.25, 0.3) is 0 Å². The summed E-state index contributed by atoms with van der Waals surface area (Å²) < 4.78 is 4.74. The van der Waals surface area contributed by atoms with Crippen molar-refractivity contribution in [1.82, 2.24) is 10.6 Å². The van der Waals surface area contributed by atoms with Gasteiger partial charge in [0, 0.05) is 6.42 Å². The Labute approximate surface area is 115 Å². The molecule has 0 bridgehead atoms. The SMILES string of the molecule is COC(=O)C(CC(C)C)NC(=O)CC1CCNCC1. The molecule has 5 heteroatoms. The van der Waals surface area contributed by atoms with E-state index in [9.17, 15) is 9.59 Å². The van der Waals surface area contributed by atoms with Crippen molar-refractivity contribution >= 4 is 11.9 Å². The fourth-order valence-corrected chi connectivity index (χ4v) is 2.43. The zero-order valence-corrected chi connectivity index (χ0v) is 12.2. The second-order valence-electron chi connectivity index (χ2n) is 5.67. The molecular formula is C14H26N2O3. The lowest BCUT2D eigenvalue weighted by molar-refractivity contribution is -0.145. The first kappa shape index (κ1) is 16.0. The van der Waals surface area contributed by atoms with Gasteiger partial charge in [-0.15, -0.1) is 0 Å². The Morgan fingerprint density at radius 2 is 1.95 bits per heavy atom. The first-order valence-electron chi connectivity index (χ1n) is 7.10. The van der Waals surface area contributed by atoms with E-state index in [0.717, 1.165) is 25.9 Å². The quantitative estimate of drug-likeness (QED) is 0.709. The average molecular weight is 270 g/mol.